The minimum absolute atomic E-state index is 0.240. The number of ether oxygens (including phenoxy) is 1. The van der Waals surface area contributed by atoms with E-state index in [1.54, 1.807) is 0 Å². The Morgan fingerprint density at radius 3 is 2.59 bits per heavy atom. The first-order valence-electron chi connectivity index (χ1n) is 7.22. The Bertz CT molecular complexity index is 590. The van der Waals surface area contributed by atoms with Crippen LogP contribution in [-0.2, 0) is 4.74 Å². The van der Waals surface area contributed by atoms with Gasteiger partial charge in [0.05, 0.1) is 12.7 Å². The average Bonchev–Trinajstić information content (AvgIpc) is 2.51. The van der Waals surface area contributed by atoms with Crippen molar-refractivity contribution in [3.05, 3.63) is 27.9 Å². The van der Waals surface area contributed by atoms with Gasteiger partial charge in [-0.3, -0.25) is 0 Å². The van der Waals surface area contributed by atoms with Gasteiger partial charge in [-0.2, -0.15) is 5.26 Å². The molecule has 1 fully saturated rings. The highest BCUT2D eigenvalue weighted by Crippen LogP contribution is 2.27. The molecule has 22 heavy (non-hydrogen) atoms. The molecule has 2 heterocycles. The van der Waals surface area contributed by atoms with Crippen LogP contribution in [0.25, 0.3) is 10.4 Å². The van der Waals surface area contributed by atoms with Crippen molar-refractivity contribution in [3.8, 4) is 6.07 Å². The van der Waals surface area contributed by atoms with E-state index in [2.05, 4.69) is 31.0 Å². The topological polar surface area (TPSA) is 111 Å². The Balaban J connectivity index is 1.98. The van der Waals surface area contributed by atoms with Gasteiger partial charge in [0.1, 0.15) is 0 Å². The SMILES string of the molecule is Cc1cc(C)nc(N2CCC(C#N)(OCCN=[N+]=[N-])CC2)n1. The molecule has 1 aliphatic heterocycles. The van der Waals surface area contributed by atoms with Gasteiger partial charge in [-0.25, -0.2) is 9.97 Å². The largest absolute Gasteiger partial charge is 0.360 e. The zero-order valence-corrected chi connectivity index (χ0v) is 12.9. The lowest BCUT2D eigenvalue weighted by atomic mass is 9.93. The molecule has 1 aromatic heterocycles. The van der Waals surface area contributed by atoms with Gasteiger partial charge in [0.2, 0.25) is 5.95 Å². The van der Waals surface area contributed by atoms with E-state index in [0.717, 1.165) is 11.4 Å². The molecule has 8 heteroatoms. The monoisotopic (exact) mass is 301 g/mol. The van der Waals surface area contributed by atoms with Gasteiger partial charge in [-0.05, 0) is 25.4 Å². The summed E-state index contributed by atoms with van der Waals surface area (Å²) >= 11 is 0. The normalized spacial score (nSPS) is 16.7. The van der Waals surface area contributed by atoms with E-state index in [9.17, 15) is 5.26 Å². The van der Waals surface area contributed by atoms with Crippen LogP contribution in [-0.4, -0.2) is 41.8 Å². The fourth-order valence-electron chi connectivity index (χ4n) is 2.53. The molecule has 1 aromatic rings. The standard InChI is InChI=1S/C14H19N7O/c1-11-9-12(2)19-13(18-11)21-6-3-14(10-15,4-7-21)22-8-5-17-20-16/h9H,3-8H2,1-2H3. The maximum absolute atomic E-state index is 9.41. The Morgan fingerprint density at radius 1 is 1.41 bits per heavy atom. The molecule has 1 saturated heterocycles. The van der Waals surface area contributed by atoms with Gasteiger partial charge in [-0.15, -0.1) is 0 Å². The number of aromatic nitrogens is 2. The van der Waals surface area contributed by atoms with Crippen LogP contribution in [0.4, 0.5) is 5.95 Å². The summed E-state index contributed by atoms with van der Waals surface area (Å²) in [4.78, 5) is 13.7. The first-order valence-corrected chi connectivity index (χ1v) is 7.22. The molecule has 0 amide bonds. The van der Waals surface area contributed by atoms with E-state index in [-0.39, 0.29) is 13.2 Å². The third kappa shape index (κ3) is 3.85. The second kappa shape index (κ2) is 7.07. The highest BCUT2D eigenvalue weighted by Gasteiger charge is 2.36. The van der Waals surface area contributed by atoms with Crippen molar-refractivity contribution in [1.82, 2.24) is 9.97 Å². The number of hydrogen-bond donors (Lipinski definition) is 0. The molecule has 0 N–H and O–H groups in total. The summed E-state index contributed by atoms with van der Waals surface area (Å²) in [5.74, 6) is 0.707. The second-order valence-electron chi connectivity index (χ2n) is 5.35. The van der Waals surface area contributed by atoms with Crippen molar-refractivity contribution in [2.45, 2.75) is 32.3 Å². The number of hydrogen-bond acceptors (Lipinski definition) is 6. The Hall–Kier alpha value is -2.36. The predicted octanol–water partition coefficient (Wildman–Crippen LogP) is 2.28. The number of aryl methyl sites for hydroxylation is 2. The minimum Gasteiger partial charge on any atom is -0.360 e. The van der Waals surface area contributed by atoms with Crippen molar-refractivity contribution in [3.63, 3.8) is 0 Å². The molecule has 1 aliphatic rings. The number of rotatable bonds is 5. The fourth-order valence-corrected chi connectivity index (χ4v) is 2.53. The van der Waals surface area contributed by atoms with Gasteiger partial charge in [0, 0.05) is 48.8 Å². The summed E-state index contributed by atoms with van der Waals surface area (Å²) in [5, 5.41) is 12.8. The van der Waals surface area contributed by atoms with Gasteiger partial charge < -0.3 is 9.64 Å². The lowest BCUT2D eigenvalue weighted by Gasteiger charge is -2.37. The van der Waals surface area contributed by atoms with Gasteiger partial charge in [0.25, 0.3) is 0 Å². The minimum atomic E-state index is -0.805. The molecule has 0 saturated carbocycles. The molecule has 2 rings (SSSR count). The smallest absolute Gasteiger partial charge is 0.225 e. The summed E-state index contributed by atoms with van der Waals surface area (Å²) in [6, 6.07) is 4.20. The van der Waals surface area contributed by atoms with Gasteiger partial charge >= 0.3 is 0 Å². The zero-order valence-electron chi connectivity index (χ0n) is 12.9. The lowest BCUT2D eigenvalue weighted by Crippen LogP contribution is -2.46. The molecule has 116 valence electrons. The molecule has 0 aromatic carbocycles. The third-order valence-corrected chi connectivity index (χ3v) is 3.66. The Morgan fingerprint density at radius 2 is 2.05 bits per heavy atom. The van der Waals surface area contributed by atoms with Crippen molar-refractivity contribution >= 4 is 5.95 Å². The number of piperidine rings is 1. The average molecular weight is 301 g/mol. The highest BCUT2D eigenvalue weighted by atomic mass is 16.5. The van der Waals surface area contributed by atoms with Crippen molar-refractivity contribution in [1.29, 1.82) is 5.26 Å². The van der Waals surface area contributed by atoms with E-state index in [1.807, 2.05) is 19.9 Å². The van der Waals surface area contributed by atoms with Gasteiger partial charge in [0.15, 0.2) is 5.60 Å². The van der Waals surface area contributed by atoms with Crippen molar-refractivity contribution in [2.24, 2.45) is 5.11 Å². The molecule has 0 atom stereocenters. The zero-order chi connectivity index (χ0) is 16.0. The van der Waals surface area contributed by atoms with E-state index in [4.69, 9.17) is 10.3 Å². The van der Waals surface area contributed by atoms with Crippen LogP contribution in [0.2, 0.25) is 0 Å². The highest BCUT2D eigenvalue weighted by molar-refractivity contribution is 5.34. The summed E-state index contributed by atoms with van der Waals surface area (Å²) in [5.41, 5.74) is 9.31. The molecule has 0 bridgehead atoms. The molecular formula is C14H19N7O. The molecule has 0 unspecified atom stereocenters. The fraction of sp³-hybridized carbons (Fsp3) is 0.643. The maximum atomic E-state index is 9.41. The van der Waals surface area contributed by atoms with Crippen molar-refractivity contribution < 1.29 is 4.74 Å². The summed E-state index contributed by atoms with van der Waals surface area (Å²) in [6.07, 6.45) is 1.16. The molecule has 8 nitrogen and oxygen atoms in total. The van der Waals surface area contributed by atoms with Gasteiger partial charge in [-0.1, -0.05) is 5.11 Å². The number of azide groups is 1. The van der Waals surface area contributed by atoms with Crippen LogP contribution < -0.4 is 4.90 Å². The number of nitrogens with zero attached hydrogens (tertiary/aromatic N) is 7. The first-order chi connectivity index (χ1) is 10.6. The number of anilines is 1. The van der Waals surface area contributed by atoms with Crippen molar-refractivity contribution in [2.75, 3.05) is 31.1 Å². The molecular weight excluding hydrogens is 282 g/mol. The second-order valence-corrected chi connectivity index (χ2v) is 5.35. The van der Waals surface area contributed by atoms with Crippen LogP contribution >= 0.6 is 0 Å². The van der Waals surface area contributed by atoms with E-state index >= 15 is 0 Å². The van der Waals surface area contributed by atoms with Crippen LogP contribution in [0.1, 0.15) is 24.2 Å². The van der Waals surface area contributed by atoms with E-state index in [1.165, 1.54) is 0 Å². The first kappa shape index (κ1) is 16.0. The van der Waals surface area contributed by atoms with E-state index < -0.39 is 5.60 Å². The van der Waals surface area contributed by atoms with Crippen LogP contribution in [0.3, 0.4) is 0 Å². The Labute approximate surface area is 129 Å². The molecule has 0 radical (unpaired) electrons. The van der Waals surface area contributed by atoms with Crippen LogP contribution in [0.5, 0.6) is 0 Å². The summed E-state index contributed by atoms with van der Waals surface area (Å²) < 4.78 is 5.66. The number of nitriles is 1. The van der Waals surface area contributed by atoms with Crippen LogP contribution in [0.15, 0.2) is 11.2 Å². The Kier molecular flexibility index (Phi) is 5.15. The maximum Gasteiger partial charge on any atom is 0.225 e. The van der Waals surface area contributed by atoms with E-state index in [0.29, 0.717) is 31.9 Å². The quantitative estimate of drug-likeness (QED) is 0.358. The summed E-state index contributed by atoms with van der Waals surface area (Å²) in [6.45, 7) is 5.72. The molecule has 0 aliphatic carbocycles. The third-order valence-electron chi connectivity index (χ3n) is 3.66. The molecule has 0 spiro atoms. The lowest BCUT2D eigenvalue weighted by molar-refractivity contribution is -0.0148. The predicted molar refractivity (Wildman–Crippen MR) is 81.3 cm³/mol. The summed E-state index contributed by atoms with van der Waals surface area (Å²) in [7, 11) is 0. The van der Waals surface area contributed by atoms with Crippen LogP contribution in [0, 0.1) is 25.2 Å².